The van der Waals surface area contributed by atoms with Crippen molar-refractivity contribution in [2.24, 2.45) is 5.92 Å². The van der Waals surface area contributed by atoms with Gasteiger partial charge in [-0.2, -0.15) is 0 Å². The van der Waals surface area contributed by atoms with Gasteiger partial charge >= 0.3 is 5.97 Å². The summed E-state index contributed by atoms with van der Waals surface area (Å²) in [5.74, 6) is 2.19. The predicted octanol–water partition coefficient (Wildman–Crippen LogP) is 3.60. The molecule has 0 radical (unpaired) electrons. The average molecular weight is 452 g/mol. The molecule has 3 heterocycles. The van der Waals surface area contributed by atoms with Crippen LogP contribution in [0.1, 0.15) is 23.2 Å². The Kier molecular flexibility index (Phi) is 6.09. The van der Waals surface area contributed by atoms with Crippen molar-refractivity contribution in [1.82, 2.24) is 10.1 Å². The second-order valence-electron chi connectivity index (χ2n) is 8.74. The van der Waals surface area contributed by atoms with Gasteiger partial charge in [0.05, 0.1) is 31.8 Å². The fourth-order valence-electron chi connectivity index (χ4n) is 4.91. The monoisotopic (exact) mass is 451 g/mol. The molecule has 0 spiro atoms. The first kappa shape index (κ1) is 21.6. The summed E-state index contributed by atoms with van der Waals surface area (Å²) in [4.78, 5) is 16.9. The number of anilines is 1. The lowest BCUT2D eigenvalue weighted by Gasteiger charge is -2.46. The van der Waals surface area contributed by atoms with Gasteiger partial charge in [-0.1, -0.05) is 17.3 Å². The average Bonchev–Trinajstić information content (AvgIpc) is 3.30. The van der Waals surface area contributed by atoms with Gasteiger partial charge in [-0.05, 0) is 37.1 Å². The molecule has 0 bridgehead atoms. The molecule has 1 aromatic heterocycles. The van der Waals surface area contributed by atoms with E-state index in [9.17, 15) is 4.79 Å². The van der Waals surface area contributed by atoms with Gasteiger partial charge in [-0.15, -0.1) is 0 Å². The number of benzene rings is 2. The summed E-state index contributed by atoms with van der Waals surface area (Å²) >= 11 is 0. The maximum Gasteiger partial charge on any atom is 0.338 e. The lowest BCUT2D eigenvalue weighted by molar-refractivity contribution is 0.0598. The van der Waals surface area contributed by atoms with E-state index in [0.29, 0.717) is 35.6 Å². The Morgan fingerprint density at radius 3 is 2.79 bits per heavy atom. The fourth-order valence-corrected chi connectivity index (χ4v) is 4.91. The molecule has 8 heteroatoms. The number of carbonyl (C=O) groups excluding carboxylic acids is 1. The highest BCUT2D eigenvalue weighted by atomic mass is 16.5. The molecule has 2 aliphatic heterocycles. The van der Waals surface area contributed by atoms with Crippen molar-refractivity contribution in [3.05, 3.63) is 48.0 Å². The first-order valence-electron chi connectivity index (χ1n) is 11.4. The minimum absolute atomic E-state index is 0.406. The number of nitrogens with zero attached hydrogens (tertiary/aromatic N) is 3. The molecular formula is C25H29N3O5. The number of rotatable bonds is 6. The molecule has 2 aromatic carbocycles. The van der Waals surface area contributed by atoms with Gasteiger partial charge < -0.3 is 23.6 Å². The van der Waals surface area contributed by atoms with Gasteiger partial charge in [0, 0.05) is 44.2 Å². The third kappa shape index (κ3) is 4.48. The summed E-state index contributed by atoms with van der Waals surface area (Å²) in [6, 6.07) is 13.7. The van der Waals surface area contributed by atoms with Crippen molar-refractivity contribution in [2.45, 2.75) is 18.9 Å². The third-order valence-corrected chi connectivity index (χ3v) is 6.69. The van der Waals surface area contributed by atoms with Crippen LogP contribution in [0.4, 0.5) is 5.82 Å². The van der Waals surface area contributed by atoms with Gasteiger partial charge in [0.25, 0.3) is 0 Å². The van der Waals surface area contributed by atoms with Crippen LogP contribution in [0.5, 0.6) is 11.5 Å². The van der Waals surface area contributed by atoms with E-state index >= 15 is 0 Å². The van der Waals surface area contributed by atoms with Crippen LogP contribution in [0.15, 0.2) is 47.0 Å². The Hall–Kier alpha value is -3.26. The van der Waals surface area contributed by atoms with Crippen LogP contribution in [0.2, 0.25) is 0 Å². The van der Waals surface area contributed by atoms with Crippen LogP contribution in [-0.4, -0.2) is 69.1 Å². The maximum absolute atomic E-state index is 11.9. The summed E-state index contributed by atoms with van der Waals surface area (Å²) in [6.45, 7) is 4.50. The largest absolute Gasteiger partial charge is 0.497 e. The second kappa shape index (κ2) is 9.31. The molecular weight excluding hydrogens is 422 g/mol. The molecule has 0 unspecified atom stereocenters. The molecule has 2 atom stereocenters. The SMILES string of the molecule is COC(=O)c1cc(OC)cc(OC[C@H]2CC[C@H]3CN(c4noc5ccccc45)CCN3C2)c1. The Balaban J connectivity index is 1.19. The van der Waals surface area contributed by atoms with Gasteiger partial charge in [0.2, 0.25) is 0 Å². The third-order valence-electron chi connectivity index (χ3n) is 6.69. The van der Waals surface area contributed by atoms with Crippen LogP contribution in [0.3, 0.4) is 0 Å². The number of ether oxygens (including phenoxy) is 3. The van der Waals surface area contributed by atoms with Crippen LogP contribution in [0.25, 0.3) is 11.0 Å². The van der Waals surface area contributed by atoms with Crippen molar-refractivity contribution in [2.75, 3.05) is 51.9 Å². The van der Waals surface area contributed by atoms with Gasteiger partial charge in [-0.25, -0.2) is 4.79 Å². The number of aromatic nitrogens is 1. The van der Waals surface area contributed by atoms with E-state index in [1.54, 1.807) is 25.3 Å². The van der Waals surface area contributed by atoms with Crippen LogP contribution < -0.4 is 14.4 Å². The summed E-state index contributed by atoms with van der Waals surface area (Å²) in [7, 11) is 2.94. The number of hydrogen-bond donors (Lipinski definition) is 0. The molecule has 0 aliphatic carbocycles. The van der Waals surface area contributed by atoms with Crippen molar-refractivity contribution >= 4 is 22.8 Å². The smallest absolute Gasteiger partial charge is 0.338 e. The Morgan fingerprint density at radius 2 is 1.94 bits per heavy atom. The molecule has 174 valence electrons. The van der Waals surface area contributed by atoms with Crippen molar-refractivity contribution in [3.63, 3.8) is 0 Å². The standard InChI is InChI=1S/C25H29N3O5/c1-30-20-11-18(25(29)31-2)12-21(13-20)32-16-17-7-8-19-15-28(10-9-27(19)14-17)24-22-5-3-4-6-23(22)33-26-24/h3-6,11-13,17,19H,7-10,14-16H2,1-2H3/t17-,19-/m0/s1. The van der Waals surface area contributed by atoms with E-state index in [4.69, 9.17) is 18.7 Å². The van der Waals surface area contributed by atoms with Gasteiger partial charge in [-0.3, -0.25) is 4.90 Å². The summed E-state index contributed by atoms with van der Waals surface area (Å²) < 4.78 is 21.7. The van der Waals surface area contributed by atoms with E-state index in [1.165, 1.54) is 7.11 Å². The minimum atomic E-state index is -0.406. The zero-order valence-corrected chi connectivity index (χ0v) is 19.0. The highest BCUT2D eigenvalue weighted by Gasteiger charge is 2.34. The number of para-hydroxylation sites is 1. The number of esters is 1. The molecule has 33 heavy (non-hydrogen) atoms. The number of methoxy groups -OCH3 is 2. The number of piperazine rings is 1. The zero-order chi connectivity index (χ0) is 22.8. The lowest BCUT2D eigenvalue weighted by atomic mass is 9.91. The second-order valence-corrected chi connectivity index (χ2v) is 8.74. The van der Waals surface area contributed by atoms with Gasteiger partial charge in [0.15, 0.2) is 11.4 Å². The maximum atomic E-state index is 11.9. The van der Waals surface area contributed by atoms with Crippen molar-refractivity contribution in [1.29, 1.82) is 0 Å². The van der Waals surface area contributed by atoms with Crippen molar-refractivity contribution < 1.29 is 23.5 Å². The molecule has 0 N–H and O–H groups in total. The molecule has 0 saturated carbocycles. The number of hydrogen-bond acceptors (Lipinski definition) is 8. The fraction of sp³-hybridized carbons (Fsp3) is 0.440. The quantitative estimate of drug-likeness (QED) is 0.526. The Morgan fingerprint density at radius 1 is 1.09 bits per heavy atom. The molecule has 3 aromatic rings. The first-order chi connectivity index (χ1) is 16.1. The molecule has 2 saturated heterocycles. The van der Waals surface area contributed by atoms with E-state index in [2.05, 4.69) is 21.0 Å². The zero-order valence-electron chi connectivity index (χ0n) is 19.0. The summed E-state index contributed by atoms with van der Waals surface area (Å²) in [5, 5.41) is 5.42. The van der Waals surface area contributed by atoms with E-state index < -0.39 is 5.97 Å². The number of piperidine rings is 1. The van der Waals surface area contributed by atoms with Gasteiger partial charge in [0.1, 0.15) is 11.5 Å². The molecule has 2 aliphatic rings. The van der Waals surface area contributed by atoms with E-state index in [0.717, 1.165) is 55.8 Å². The molecule has 5 rings (SSSR count). The summed E-state index contributed by atoms with van der Waals surface area (Å²) in [6.07, 6.45) is 2.22. The Labute approximate surface area is 193 Å². The molecule has 0 amide bonds. The minimum Gasteiger partial charge on any atom is -0.497 e. The van der Waals surface area contributed by atoms with Crippen LogP contribution in [-0.2, 0) is 4.74 Å². The van der Waals surface area contributed by atoms with Crippen LogP contribution in [0, 0.1) is 5.92 Å². The molecule has 8 nitrogen and oxygen atoms in total. The highest BCUT2D eigenvalue weighted by molar-refractivity contribution is 5.90. The van der Waals surface area contributed by atoms with Crippen LogP contribution >= 0.6 is 0 Å². The van der Waals surface area contributed by atoms with E-state index in [1.807, 2.05) is 18.2 Å². The van der Waals surface area contributed by atoms with Crippen molar-refractivity contribution in [3.8, 4) is 11.5 Å². The van der Waals surface area contributed by atoms with E-state index in [-0.39, 0.29) is 0 Å². The summed E-state index contributed by atoms with van der Waals surface area (Å²) in [5.41, 5.74) is 1.26. The lowest BCUT2D eigenvalue weighted by Crippen LogP contribution is -2.57. The number of fused-ring (bicyclic) bond motifs is 2. The Bertz CT molecular complexity index is 1130. The molecule has 2 fully saturated rings. The topological polar surface area (TPSA) is 77.3 Å². The normalized spacial score (nSPS) is 21.0. The first-order valence-corrected chi connectivity index (χ1v) is 11.4. The highest BCUT2D eigenvalue weighted by Crippen LogP contribution is 2.32. The predicted molar refractivity (Wildman–Crippen MR) is 124 cm³/mol. The number of carbonyl (C=O) groups is 1.